The molecule has 5 rings (SSSR count). The first-order chi connectivity index (χ1) is 20.9. The van der Waals surface area contributed by atoms with E-state index in [1.54, 1.807) is 24.3 Å². The monoisotopic (exact) mass is 583 g/mol. The molecule has 1 amide bonds. The van der Waals surface area contributed by atoms with E-state index in [1.807, 2.05) is 53.4 Å². The standard InChI is InChI=1S/C35H41N3O5/c39-23-1-16-36-19-21-38(22-20-36)34(42)25-27-4-8-30(9-5-27)35(43)29-6-2-26(3-7-29)24-33(41)28-10-12-31(13-11-28)37-17-14-32(40)15-18-37/h2-13,32,39-40H,1,14-25H2. The third-order valence-electron chi connectivity index (χ3n) is 8.53. The van der Waals surface area contributed by atoms with E-state index in [0.717, 1.165) is 68.8 Å². The van der Waals surface area contributed by atoms with E-state index in [0.29, 0.717) is 36.2 Å². The lowest BCUT2D eigenvalue weighted by atomic mass is 9.98. The minimum atomic E-state index is -0.220. The number of piperazine rings is 1. The number of aliphatic hydroxyl groups is 2. The number of hydrogen-bond donors (Lipinski definition) is 2. The third kappa shape index (κ3) is 8.16. The topological polar surface area (TPSA) is 101 Å². The second-order valence-electron chi connectivity index (χ2n) is 11.6. The second kappa shape index (κ2) is 14.6. The summed E-state index contributed by atoms with van der Waals surface area (Å²) in [6.45, 7) is 5.71. The number of rotatable bonds is 11. The minimum absolute atomic E-state index is 0.0217. The summed E-state index contributed by atoms with van der Waals surface area (Å²) in [5.41, 5.74) is 4.55. The van der Waals surface area contributed by atoms with Gasteiger partial charge in [-0.1, -0.05) is 48.5 Å². The van der Waals surface area contributed by atoms with Gasteiger partial charge in [-0.05, 0) is 54.7 Å². The molecular formula is C35H41N3O5. The number of piperidine rings is 1. The molecule has 43 heavy (non-hydrogen) atoms. The molecule has 0 radical (unpaired) electrons. The molecule has 0 atom stereocenters. The summed E-state index contributed by atoms with van der Waals surface area (Å²) < 4.78 is 0. The summed E-state index contributed by atoms with van der Waals surface area (Å²) in [7, 11) is 0. The first-order valence-corrected chi connectivity index (χ1v) is 15.3. The minimum Gasteiger partial charge on any atom is -0.396 e. The van der Waals surface area contributed by atoms with Gasteiger partial charge in [-0.25, -0.2) is 0 Å². The van der Waals surface area contributed by atoms with E-state index in [9.17, 15) is 19.5 Å². The highest BCUT2D eigenvalue weighted by Gasteiger charge is 2.21. The predicted octanol–water partition coefficient (Wildman–Crippen LogP) is 3.37. The summed E-state index contributed by atoms with van der Waals surface area (Å²) in [6.07, 6.45) is 2.62. The van der Waals surface area contributed by atoms with Gasteiger partial charge in [0.2, 0.25) is 5.91 Å². The number of aliphatic hydroxyl groups excluding tert-OH is 2. The third-order valence-corrected chi connectivity index (χ3v) is 8.53. The Morgan fingerprint density at radius 2 is 1.21 bits per heavy atom. The SMILES string of the molecule is O=C(Cc1ccc(C(=O)c2ccc(CC(=O)N3CCN(CCCO)CC3)cc2)cc1)c1ccc(N2CCC(O)CC2)cc1. The quantitative estimate of drug-likeness (QED) is 0.334. The van der Waals surface area contributed by atoms with Crippen LogP contribution in [0.1, 0.15) is 56.7 Å². The maximum absolute atomic E-state index is 13.1. The van der Waals surface area contributed by atoms with Gasteiger partial charge in [-0.2, -0.15) is 0 Å². The van der Waals surface area contributed by atoms with Crippen molar-refractivity contribution in [2.24, 2.45) is 0 Å². The zero-order valence-electron chi connectivity index (χ0n) is 24.7. The van der Waals surface area contributed by atoms with Gasteiger partial charge in [0.05, 0.1) is 12.5 Å². The van der Waals surface area contributed by atoms with Gasteiger partial charge in [0, 0.05) is 81.2 Å². The molecule has 2 aliphatic heterocycles. The fourth-order valence-electron chi connectivity index (χ4n) is 5.79. The molecule has 2 N–H and O–H groups in total. The number of carbonyl (C=O) groups is 3. The van der Waals surface area contributed by atoms with Gasteiger partial charge in [-0.3, -0.25) is 19.3 Å². The van der Waals surface area contributed by atoms with Crippen molar-refractivity contribution in [3.8, 4) is 0 Å². The molecule has 226 valence electrons. The molecule has 0 unspecified atom stereocenters. The number of benzene rings is 3. The largest absolute Gasteiger partial charge is 0.396 e. The molecule has 2 heterocycles. The summed E-state index contributed by atoms with van der Waals surface area (Å²) >= 11 is 0. The molecular weight excluding hydrogens is 542 g/mol. The molecule has 8 nitrogen and oxygen atoms in total. The van der Waals surface area contributed by atoms with Crippen LogP contribution in [0.3, 0.4) is 0 Å². The zero-order chi connectivity index (χ0) is 30.2. The number of hydrogen-bond acceptors (Lipinski definition) is 7. The fraction of sp³-hybridized carbons (Fsp3) is 0.400. The Kier molecular flexibility index (Phi) is 10.4. The van der Waals surface area contributed by atoms with Crippen molar-refractivity contribution in [1.29, 1.82) is 0 Å². The highest BCUT2D eigenvalue weighted by atomic mass is 16.3. The molecule has 0 saturated carbocycles. The Balaban J connectivity index is 1.10. The van der Waals surface area contributed by atoms with Crippen molar-refractivity contribution in [3.63, 3.8) is 0 Å². The molecule has 2 saturated heterocycles. The van der Waals surface area contributed by atoms with Gasteiger partial charge in [0.15, 0.2) is 11.6 Å². The van der Waals surface area contributed by atoms with Gasteiger partial charge in [0.25, 0.3) is 0 Å². The Labute approximate surface area is 253 Å². The highest BCUT2D eigenvalue weighted by Crippen LogP contribution is 2.21. The van der Waals surface area contributed by atoms with E-state index in [-0.39, 0.29) is 36.6 Å². The van der Waals surface area contributed by atoms with Crippen LogP contribution in [0.25, 0.3) is 0 Å². The van der Waals surface area contributed by atoms with Crippen LogP contribution in [-0.2, 0) is 17.6 Å². The summed E-state index contributed by atoms with van der Waals surface area (Å²) in [5, 5.41) is 18.7. The van der Waals surface area contributed by atoms with Crippen molar-refractivity contribution >= 4 is 23.2 Å². The first kappa shape index (κ1) is 30.6. The number of Topliss-reactive ketones (excluding diaryl/α,β-unsaturated/α-hetero) is 1. The molecule has 0 bridgehead atoms. The summed E-state index contributed by atoms with van der Waals surface area (Å²) in [5.74, 6) is 0.00804. The van der Waals surface area contributed by atoms with Gasteiger partial charge in [-0.15, -0.1) is 0 Å². The average Bonchev–Trinajstić information content (AvgIpc) is 3.05. The van der Waals surface area contributed by atoms with Crippen LogP contribution in [0.2, 0.25) is 0 Å². The lowest BCUT2D eigenvalue weighted by molar-refractivity contribution is -0.132. The van der Waals surface area contributed by atoms with Gasteiger partial charge < -0.3 is 20.0 Å². The summed E-state index contributed by atoms with van der Waals surface area (Å²) in [6, 6.07) is 22.1. The number of ketones is 2. The molecule has 3 aromatic carbocycles. The van der Waals surface area contributed by atoms with Crippen LogP contribution in [0, 0.1) is 0 Å². The maximum atomic E-state index is 13.1. The summed E-state index contributed by atoms with van der Waals surface area (Å²) in [4.78, 5) is 45.2. The van der Waals surface area contributed by atoms with Crippen molar-refractivity contribution in [2.45, 2.75) is 38.2 Å². The maximum Gasteiger partial charge on any atom is 0.227 e. The Morgan fingerprint density at radius 3 is 1.77 bits per heavy atom. The van der Waals surface area contributed by atoms with Crippen LogP contribution in [-0.4, -0.2) is 96.0 Å². The molecule has 3 aromatic rings. The highest BCUT2D eigenvalue weighted by molar-refractivity contribution is 6.09. The number of nitrogens with zero attached hydrogens (tertiary/aromatic N) is 3. The molecule has 0 spiro atoms. The van der Waals surface area contributed by atoms with E-state index >= 15 is 0 Å². The van der Waals surface area contributed by atoms with E-state index in [4.69, 9.17) is 5.11 Å². The van der Waals surface area contributed by atoms with Crippen molar-refractivity contribution in [3.05, 3.63) is 101 Å². The van der Waals surface area contributed by atoms with Crippen molar-refractivity contribution in [1.82, 2.24) is 9.80 Å². The van der Waals surface area contributed by atoms with Gasteiger partial charge in [0.1, 0.15) is 0 Å². The van der Waals surface area contributed by atoms with Crippen molar-refractivity contribution < 1.29 is 24.6 Å². The fourth-order valence-corrected chi connectivity index (χ4v) is 5.79. The molecule has 2 aliphatic rings. The zero-order valence-corrected chi connectivity index (χ0v) is 24.7. The lowest BCUT2D eigenvalue weighted by Gasteiger charge is -2.34. The Hall–Kier alpha value is -3.85. The van der Waals surface area contributed by atoms with Gasteiger partial charge >= 0.3 is 0 Å². The van der Waals surface area contributed by atoms with E-state index < -0.39 is 0 Å². The first-order valence-electron chi connectivity index (χ1n) is 15.3. The van der Waals surface area contributed by atoms with Crippen molar-refractivity contribution in [2.75, 3.05) is 57.3 Å². The lowest BCUT2D eigenvalue weighted by Crippen LogP contribution is -2.49. The molecule has 0 aromatic heterocycles. The van der Waals surface area contributed by atoms with Crippen LogP contribution in [0.4, 0.5) is 5.69 Å². The number of carbonyl (C=O) groups excluding carboxylic acids is 3. The van der Waals surface area contributed by atoms with E-state index in [2.05, 4.69) is 9.80 Å². The Morgan fingerprint density at radius 1 is 0.674 bits per heavy atom. The number of amides is 1. The Bertz CT molecular complexity index is 1370. The predicted molar refractivity (Wildman–Crippen MR) is 167 cm³/mol. The van der Waals surface area contributed by atoms with Crippen LogP contribution in [0.5, 0.6) is 0 Å². The smallest absolute Gasteiger partial charge is 0.227 e. The average molecular weight is 584 g/mol. The molecule has 2 fully saturated rings. The van der Waals surface area contributed by atoms with Crippen LogP contribution in [0.15, 0.2) is 72.8 Å². The second-order valence-corrected chi connectivity index (χ2v) is 11.6. The molecule has 8 heteroatoms. The normalized spacial score (nSPS) is 16.3. The van der Waals surface area contributed by atoms with Crippen LogP contribution >= 0.6 is 0 Å². The molecule has 0 aliphatic carbocycles. The van der Waals surface area contributed by atoms with Crippen LogP contribution < -0.4 is 4.90 Å². The number of anilines is 1. The van der Waals surface area contributed by atoms with E-state index in [1.165, 1.54) is 0 Å².